The molecule has 0 fully saturated rings. The van der Waals surface area contributed by atoms with E-state index in [4.69, 9.17) is 5.73 Å². The van der Waals surface area contributed by atoms with Gasteiger partial charge in [0.2, 0.25) is 0 Å². The van der Waals surface area contributed by atoms with Crippen LogP contribution in [-0.2, 0) is 12.0 Å². The highest BCUT2D eigenvalue weighted by Gasteiger charge is 2.28. The van der Waals surface area contributed by atoms with Crippen LogP contribution in [0.5, 0.6) is 0 Å². The highest BCUT2D eigenvalue weighted by molar-refractivity contribution is 5.33. The van der Waals surface area contributed by atoms with Crippen LogP contribution < -0.4 is 5.73 Å². The number of fused-ring (bicyclic) bond motifs is 1. The van der Waals surface area contributed by atoms with Crippen LogP contribution in [0.15, 0.2) is 6.07 Å². The molecule has 0 saturated heterocycles. The van der Waals surface area contributed by atoms with Gasteiger partial charge < -0.3 is 5.73 Å². The van der Waals surface area contributed by atoms with Gasteiger partial charge in [-0.25, -0.2) is 0 Å². The van der Waals surface area contributed by atoms with Crippen LogP contribution in [0, 0.1) is 0 Å². The molecule has 2 heterocycles. The largest absolute Gasteiger partial charge is 0.382 e. The van der Waals surface area contributed by atoms with Crippen LogP contribution in [0.1, 0.15) is 32.4 Å². The second-order valence-electron chi connectivity index (χ2n) is 4.17. The third kappa shape index (κ3) is 1.00. The number of hydrogen-bond acceptors (Lipinski definition) is 2. The Morgan fingerprint density at radius 3 is 3.00 bits per heavy atom. The molecule has 0 radical (unpaired) electrons. The number of rotatable bonds is 0. The predicted octanol–water partition coefficient (Wildman–Crippen LogP) is 1.54. The zero-order chi connectivity index (χ0) is 8.77. The molecule has 0 saturated carbocycles. The van der Waals surface area contributed by atoms with Crippen LogP contribution in [0.2, 0.25) is 0 Å². The molecule has 1 aromatic heterocycles. The number of anilines is 1. The van der Waals surface area contributed by atoms with Crippen molar-refractivity contribution in [3.63, 3.8) is 0 Å². The van der Waals surface area contributed by atoms with Crippen molar-refractivity contribution < 1.29 is 0 Å². The molecule has 2 rings (SSSR count). The van der Waals surface area contributed by atoms with Crippen LogP contribution in [0.25, 0.3) is 0 Å². The van der Waals surface area contributed by atoms with Gasteiger partial charge >= 0.3 is 0 Å². The van der Waals surface area contributed by atoms with E-state index in [0.29, 0.717) is 5.82 Å². The van der Waals surface area contributed by atoms with Crippen molar-refractivity contribution in [3.05, 3.63) is 11.8 Å². The Bertz CT molecular complexity index is 299. The number of nitrogen functional groups attached to an aromatic ring is 1. The van der Waals surface area contributed by atoms with Crippen molar-refractivity contribution in [1.82, 2.24) is 9.78 Å². The van der Waals surface area contributed by atoms with Gasteiger partial charge in [0.1, 0.15) is 5.82 Å². The summed E-state index contributed by atoms with van der Waals surface area (Å²) in [5.74, 6) is 0.653. The first kappa shape index (κ1) is 7.65. The minimum Gasteiger partial charge on any atom is -0.382 e. The summed E-state index contributed by atoms with van der Waals surface area (Å²) in [6.45, 7) is 5.52. The van der Waals surface area contributed by atoms with Gasteiger partial charge in [-0.05, 0) is 12.8 Å². The van der Waals surface area contributed by atoms with E-state index in [1.807, 2.05) is 10.7 Å². The van der Waals surface area contributed by atoms with Gasteiger partial charge in [-0.2, -0.15) is 5.10 Å². The summed E-state index contributed by atoms with van der Waals surface area (Å²) in [7, 11) is 0. The fourth-order valence-corrected chi connectivity index (χ4v) is 1.95. The molecule has 1 aliphatic heterocycles. The second kappa shape index (κ2) is 2.25. The van der Waals surface area contributed by atoms with Crippen LogP contribution in [0.4, 0.5) is 5.82 Å². The number of nitrogens with zero attached hydrogens (tertiary/aromatic N) is 2. The zero-order valence-electron chi connectivity index (χ0n) is 7.67. The van der Waals surface area contributed by atoms with Gasteiger partial charge in [-0.1, -0.05) is 13.8 Å². The Morgan fingerprint density at radius 2 is 2.33 bits per heavy atom. The average molecular weight is 165 g/mol. The number of nitrogens with two attached hydrogens (primary N) is 1. The molecule has 66 valence electrons. The smallest absolute Gasteiger partial charge is 0.145 e. The molecular formula is C9H15N3. The molecule has 0 spiro atoms. The minimum absolute atomic E-state index is 0.253. The molecule has 0 aromatic carbocycles. The zero-order valence-corrected chi connectivity index (χ0v) is 7.67. The van der Waals surface area contributed by atoms with Crippen molar-refractivity contribution >= 4 is 5.82 Å². The first-order valence-electron chi connectivity index (χ1n) is 4.43. The van der Waals surface area contributed by atoms with Crippen LogP contribution >= 0.6 is 0 Å². The van der Waals surface area contributed by atoms with Gasteiger partial charge in [-0.15, -0.1) is 0 Å². The van der Waals surface area contributed by atoms with E-state index in [-0.39, 0.29) is 5.41 Å². The van der Waals surface area contributed by atoms with Crippen molar-refractivity contribution in [2.45, 2.75) is 38.6 Å². The quantitative estimate of drug-likeness (QED) is 0.633. The van der Waals surface area contributed by atoms with Gasteiger partial charge in [0.15, 0.2) is 0 Å². The van der Waals surface area contributed by atoms with Crippen molar-refractivity contribution in [2.75, 3.05) is 5.73 Å². The molecule has 0 unspecified atom stereocenters. The Labute approximate surface area is 72.6 Å². The SMILES string of the molecule is CC1(C)CCCn2nc(N)cc21. The van der Waals surface area contributed by atoms with Crippen molar-refractivity contribution in [2.24, 2.45) is 0 Å². The summed E-state index contributed by atoms with van der Waals surface area (Å²) in [6.07, 6.45) is 2.44. The second-order valence-corrected chi connectivity index (χ2v) is 4.17. The van der Waals surface area contributed by atoms with E-state index in [2.05, 4.69) is 18.9 Å². The molecule has 12 heavy (non-hydrogen) atoms. The number of aryl methyl sites for hydroxylation is 1. The Balaban J connectivity index is 2.51. The third-order valence-electron chi connectivity index (χ3n) is 2.66. The van der Waals surface area contributed by atoms with E-state index in [1.165, 1.54) is 18.5 Å². The molecule has 1 aliphatic rings. The molecule has 3 nitrogen and oxygen atoms in total. The summed E-state index contributed by atoms with van der Waals surface area (Å²) < 4.78 is 2.04. The molecule has 2 N–H and O–H groups in total. The predicted molar refractivity (Wildman–Crippen MR) is 48.9 cm³/mol. The molecule has 1 aromatic rings. The standard InChI is InChI=1S/C9H15N3/c1-9(2)4-3-5-12-7(9)6-8(10)11-12/h6H,3-5H2,1-2H3,(H2,10,11). The van der Waals surface area contributed by atoms with Gasteiger partial charge in [-0.3, -0.25) is 4.68 Å². The fourth-order valence-electron chi connectivity index (χ4n) is 1.95. The summed E-state index contributed by atoms with van der Waals surface area (Å²) in [5, 5.41) is 4.24. The average Bonchev–Trinajstić information content (AvgIpc) is 2.30. The lowest BCUT2D eigenvalue weighted by Gasteiger charge is -2.30. The normalized spacial score (nSPS) is 20.5. The first-order chi connectivity index (χ1) is 5.59. The molecule has 0 bridgehead atoms. The maximum absolute atomic E-state index is 5.65. The van der Waals surface area contributed by atoms with Crippen molar-refractivity contribution in [1.29, 1.82) is 0 Å². The lowest BCUT2D eigenvalue weighted by atomic mass is 9.82. The van der Waals surface area contributed by atoms with E-state index in [1.54, 1.807) is 0 Å². The lowest BCUT2D eigenvalue weighted by molar-refractivity contribution is 0.344. The minimum atomic E-state index is 0.253. The Kier molecular flexibility index (Phi) is 1.43. The maximum Gasteiger partial charge on any atom is 0.145 e. The molecule has 0 amide bonds. The summed E-state index contributed by atoms with van der Waals surface area (Å²) in [6, 6.07) is 2.00. The monoisotopic (exact) mass is 165 g/mol. The maximum atomic E-state index is 5.65. The summed E-state index contributed by atoms with van der Waals surface area (Å²) in [5.41, 5.74) is 7.18. The Morgan fingerprint density at radius 1 is 1.58 bits per heavy atom. The van der Waals surface area contributed by atoms with E-state index in [0.717, 1.165) is 6.54 Å². The lowest BCUT2D eigenvalue weighted by Crippen LogP contribution is -2.27. The highest BCUT2D eigenvalue weighted by atomic mass is 15.3. The van der Waals surface area contributed by atoms with Gasteiger partial charge in [0, 0.05) is 23.7 Å². The first-order valence-corrected chi connectivity index (χ1v) is 4.43. The topological polar surface area (TPSA) is 43.8 Å². The van der Waals surface area contributed by atoms with Crippen LogP contribution in [0.3, 0.4) is 0 Å². The molecule has 0 atom stereocenters. The molecule has 0 aliphatic carbocycles. The molecule has 3 heteroatoms. The Hall–Kier alpha value is -0.990. The van der Waals surface area contributed by atoms with Gasteiger partial charge in [0.05, 0.1) is 0 Å². The van der Waals surface area contributed by atoms with Crippen LogP contribution in [-0.4, -0.2) is 9.78 Å². The third-order valence-corrected chi connectivity index (χ3v) is 2.66. The fraction of sp³-hybridized carbons (Fsp3) is 0.667. The molecular weight excluding hydrogens is 150 g/mol. The van der Waals surface area contributed by atoms with Crippen molar-refractivity contribution in [3.8, 4) is 0 Å². The summed E-state index contributed by atoms with van der Waals surface area (Å²) >= 11 is 0. The van der Waals surface area contributed by atoms with Gasteiger partial charge in [0.25, 0.3) is 0 Å². The number of hydrogen-bond donors (Lipinski definition) is 1. The number of aromatic nitrogens is 2. The van der Waals surface area contributed by atoms with E-state index >= 15 is 0 Å². The van der Waals surface area contributed by atoms with E-state index in [9.17, 15) is 0 Å². The highest BCUT2D eigenvalue weighted by Crippen LogP contribution is 2.33. The summed E-state index contributed by atoms with van der Waals surface area (Å²) in [4.78, 5) is 0. The van der Waals surface area contributed by atoms with E-state index < -0.39 is 0 Å².